The normalized spacial score (nSPS) is 21.9. The molecule has 1 heterocycles. The first kappa shape index (κ1) is 14.3. The van der Waals surface area contributed by atoms with E-state index in [2.05, 4.69) is 21.0 Å². The maximum absolute atomic E-state index is 12.5. The van der Waals surface area contributed by atoms with E-state index in [1.807, 2.05) is 0 Å². The molecule has 7 nitrogen and oxygen atoms in total. The quantitative estimate of drug-likeness (QED) is 0.276. The van der Waals surface area contributed by atoms with Crippen molar-refractivity contribution in [3.8, 4) is 0 Å². The van der Waals surface area contributed by atoms with Crippen LogP contribution < -0.4 is 0 Å². The van der Waals surface area contributed by atoms with E-state index < -0.39 is 20.9 Å². The molecule has 1 aromatic carbocycles. The van der Waals surface area contributed by atoms with Crippen molar-refractivity contribution in [1.29, 1.82) is 0 Å². The monoisotopic (exact) mass is 339 g/mol. The van der Waals surface area contributed by atoms with Gasteiger partial charge in [0.25, 0.3) is 11.6 Å². The lowest BCUT2D eigenvalue weighted by atomic mass is 9.93. The number of nitro benzene ring substituents is 1. The maximum Gasteiger partial charge on any atom is 0.273 e. The van der Waals surface area contributed by atoms with Gasteiger partial charge in [-0.3, -0.25) is 19.7 Å². The molecule has 1 aromatic rings. The highest BCUT2D eigenvalue weighted by Gasteiger charge is 2.52. The SMILES string of the molecule is CC1=NN(C)C(=O)C1(Br)C(=O)c1ccc([N+](=O)[O-])cc1. The van der Waals surface area contributed by atoms with Crippen LogP contribution in [0.25, 0.3) is 0 Å². The lowest BCUT2D eigenvalue weighted by Gasteiger charge is -2.18. The molecular formula is C12H10BrN3O4. The van der Waals surface area contributed by atoms with Gasteiger partial charge in [-0.15, -0.1) is 0 Å². The Hall–Kier alpha value is -2.09. The van der Waals surface area contributed by atoms with Crippen LogP contribution in [0.2, 0.25) is 0 Å². The van der Waals surface area contributed by atoms with Crippen molar-refractivity contribution >= 4 is 39.0 Å². The highest BCUT2D eigenvalue weighted by molar-refractivity contribution is 9.11. The number of hydrogen-bond acceptors (Lipinski definition) is 5. The molecule has 20 heavy (non-hydrogen) atoms. The Labute approximate surface area is 122 Å². The number of halogens is 1. The summed E-state index contributed by atoms with van der Waals surface area (Å²) in [5.74, 6) is -0.985. The molecule has 0 bridgehead atoms. The average molecular weight is 340 g/mol. The highest BCUT2D eigenvalue weighted by Crippen LogP contribution is 2.32. The van der Waals surface area contributed by atoms with E-state index in [1.54, 1.807) is 6.92 Å². The van der Waals surface area contributed by atoms with Crippen LogP contribution in [0.5, 0.6) is 0 Å². The standard InChI is InChI=1S/C12H10BrN3O4/c1-7-12(13,11(18)15(2)14-7)10(17)8-3-5-9(6-4-8)16(19)20/h3-6H,1-2H3. The predicted octanol–water partition coefficient (Wildman–Crippen LogP) is 1.76. The summed E-state index contributed by atoms with van der Waals surface area (Å²) in [6.45, 7) is 1.57. The summed E-state index contributed by atoms with van der Waals surface area (Å²) in [5, 5.41) is 15.6. The molecule has 104 valence electrons. The van der Waals surface area contributed by atoms with Gasteiger partial charge in [-0.05, 0) is 19.1 Å². The number of hydrogen-bond donors (Lipinski definition) is 0. The minimum Gasteiger partial charge on any atom is -0.292 e. The molecule has 8 heteroatoms. The second-order valence-electron chi connectivity index (χ2n) is 4.31. The topological polar surface area (TPSA) is 92.9 Å². The fourth-order valence-electron chi connectivity index (χ4n) is 1.91. The van der Waals surface area contributed by atoms with Crippen molar-refractivity contribution in [2.75, 3.05) is 7.05 Å². The van der Waals surface area contributed by atoms with Crippen LogP contribution in [0.1, 0.15) is 17.3 Å². The first-order chi connectivity index (χ1) is 9.28. The summed E-state index contributed by atoms with van der Waals surface area (Å²) in [6.07, 6.45) is 0. The van der Waals surface area contributed by atoms with Gasteiger partial charge in [-0.25, -0.2) is 5.01 Å². The van der Waals surface area contributed by atoms with E-state index in [1.165, 1.54) is 31.3 Å². The summed E-state index contributed by atoms with van der Waals surface area (Å²) in [5.41, 5.74) is 0.407. The Morgan fingerprint density at radius 2 is 1.95 bits per heavy atom. The fraction of sp³-hybridized carbons (Fsp3) is 0.250. The molecule has 2 rings (SSSR count). The van der Waals surface area contributed by atoms with E-state index in [0.29, 0.717) is 5.71 Å². The van der Waals surface area contributed by atoms with Crippen molar-refractivity contribution in [3.05, 3.63) is 39.9 Å². The van der Waals surface area contributed by atoms with Crippen LogP contribution in [-0.4, -0.2) is 38.7 Å². The summed E-state index contributed by atoms with van der Waals surface area (Å²) >= 11 is 3.16. The number of non-ortho nitro benzene ring substituents is 1. The number of alkyl halides is 1. The van der Waals surface area contributed by atoms with E-state index >= 15 is 0 Å². The number of amides is 1. The minimum absolute atomic E-state index is 0.120. The number of nitro groups is 1. The van der Waals surface area contributed by atoms with Gasteiger partial charge in [0.15, 0.2) is 5.78 Å². The van der Waals surface area contributed by atoms with Crippen molar-refractivity contribution in [1.82, 2.24) is 5.01 Å². The molecule has 1 unspecified atom stereocenters. The summed E-state index contributed by atoms with van der Waals surface area (Å²) in [7, 11) is 1.46. The van der Waals surface area contributed by atoms with Gasteiger partial charge >= 0.3 is 0 Å². The number of rotatable bonds is 3. The van der Waals surface area contributed by atoms with Gasteiger partial charge in [0.1, 0.15) is 0 Å². The maximum atomic E-state index is 12.5. The van der Waals surface area contributed by atoms with Crippen molar-refractivity contribution in [2.45, 2.75) is 11.2 Å². The molecule has 0 saturated heterocycles. The molecular weight excluding hydrogens is 330 g/mol. The molecule has 1 amide bonds. The van der Waals surface area contributed by atoms with Gasteiger partial charge in [0.05, 0.1) is 10.6 Å². The minimum atomic E-state index is -1.53. The van der Waals surface area contributed by atoms with Crippen molar-refractivity contribution in [2.24, 2.45) is 5.10 Å². The second-order valence-corrected chi connectivity index (χ2v) is 5.50. The number of carbonyl (C=O) groups excluding carboxylic acids is 2. The zero-order chi connectivity index (χ0) is 15.1. The Morgan fingerprint density at radius 3 is 2.35 bits per heavy atom. The molecule has 0 aliphatic carbocycles. The molecule has 0 radical (unpaired) electrons. The van der Waals surface area contributed by atoms with Crippen LogP contribution >= 0.6 is 15.9 Å². The second kappa shape index (κ2) is 4.78. The van der Waals surface area contributed by atoms with Crippen molar-refractivity contribution < 1.29 is 14.5 Å². The first-order valence-corrected chi connectivity index (χ1v) is 6.39. The van der Waals surface area contributed by atoms with Gasteiger partial charge < -0.3 is 0 Å². The number of benzene rings is 1. The Morgan fingerprint density at radius 1 is 1.40 bits per heavy atom. The molecule has 0 saturated carbocycles. The summed E-state index contributed by atoms with van der Waals surface area (Å²) in [4.78, 5) is 34.6. The summed E-state index contributed by atoms with van der Waals surface area (Å²) < 4.78 is -1.53. The number of carbonyl (C=O) groups is 2. The van der Waals surface area contributed by atoms with Crippen LogP contribution in [-0.2, 0) is 4.79 Å². The third kappa shape index (κ3) is 2.01. The Kier molecular flexibility index (Phi) is 3.43. The number of ketones is 1. The molecule has 0 spiro atoms. The summed E-state index contributed by atoms with van der Waals surface area (Å²) in [6, 6.07) is 5.09. The van der Waals surface area contributed by atoms with E-state index in [0.717, 1.165) is 5.01 Å². The predicted molar refractivity (Wildman–Crippen MR) is 75.0 cm³/mol. The Bertz CT molecular complexity index is 641. The lowest BCUT2D eigenvalue weighted by molar-refractivity contribution is -0.384. The van der Waals surface area contributed by atoms with Crippen LogP contribution in [0.4, 0.5) is 5.69 Å². The zero-order valence-electron chi connectivity index (χ0n) is 10.7. The molecule has 0 aromatic heterocycles. The Balaban J connectivity index is 2.39. The third-order valence-corrected chi connectivity index (χ3v) is 4.31. The smallest absolute Gasteiger partial charge is 0.273 e. The van der Waals surface area contributed by atoms with Crippen molar-refractivity contribution in [3.63, 3.8) is 0 Å². The van der Waals surface area contributed by atoms with Crippen LogP contribution in [0.3, 0.4) is 0 Å². The van der Waals surface area contributed by atoms with Crippen LogP contribution in [0, 0.1) is 10.1 Å². The van der Waals surface area contributed by atoms with E-state index in [9.17, 15) is 19.7 Å². The zero-order valence-corrected chi connectivity index (χ0v) is 12.2. The molecule has 0 fully saturated rings. The van der Waals surface area contributed by atoms with Gasteiger partial charge in [0, 0.05) is 24.7 Å². The molecule has 1 aliphatic rings. The molecule has 1 aliphatic heterocycles. The van der Waals surface area contributed by atoms with Gasteiger partial charge in [-0.2, -0.15) is 5.10 Å². The number of nitrogens with zero attached hydrogens (tertiary/aromatic N) is 3. The number of hydrazone groups is 1. The van der Waals surface area contributed by atoms with Gasteiger partial charge in [0.2, 0.25) is 4.32 Å². The van der Waals surface area contributed by atoms with E-state index in [-0.39, 0.29) is 11.3 Å². The lowest BCUT2D eigenvalue weighted by Crippen LogP contribution is -2.46. The number of Topliss-reactive ketones (excluding diaryl/α,β-unsaturated/α-hetero) is 1. The highest BCUT2D eigenvalue weighted by atomic mass is 79.9. The van der Waals surface area contributed by atoms with Gasteiger partial charge in [-0.1, -0.05) is 15.9 Å². The third-order valence-electron chi connectivity index (χ3n) is 3.04. The molecule has 0 N–H and O–H groups in total. The largest absolute Gasteiger partial charge is 0.292 e. The molecule has 1 atom stereocenters. The van der Waals surface area contributed by atoms with Crippen LogP contribution in [0.15, 0.2) is 29.4 Å². The van der Waals surface area contributed by atoms with E-state index in [4.69, 9.17) is 0 Å². The fourth-order valence-corrected chi connectivity index (χ4v) is 2.48. The first-order valence-electron chi connectivity index (χ1n) is 5.60. The average Bonchev–Trinajstić information content (AvgIpc) is 2.62.